The van der Waals surface area contributed by atoms with Crippen LogP contribution in [0.5, 0.6) is 0 Å². The van der Waals surface area contributed by atoms with Gasteiger partial charge in [0.2, 0.25) is 0 Å². The Kier molecular flexibility index (Phi) is 5.78. The molecule has 3 atom stereocenters. The summed E-state index contributed by atoms with van der Waals surface area (Å²) in [5.41, 5.74) is 0. The molecule has 1 aliphatic rings. The first-order valence-corrected chi connectivity index (χ1v) is 7.50. The van der Waals surface area contributed by atoms with Gasteiger partial charge in [0.25, 0.3) is 0 Å². The molecule has 0 aromatic carbocycles. The summed E-state index contributed by atoms with van der Waals surface area (Å²) in [7, 11) is 0. The molecule has 0 spiro atoms. The van der Waals surface area contributed by atoms with Gasteiger partial charge in [0.1, 0.15) is 6.04 Å². The first-order valence-electron chi connectivity index (χ1n) is 6.35. The fourth-order valence-corrected chi connectivity index (χ4v) is 2.94. The van der Waals surface area contributed by atoms with Crippen molar-refractivity contribution in [3.05, 3.63) is 0 Å². The molecular formula is C12H22N2O3S. The smallest absolute Gasteiger partial charge is 0.326 e. The molecule has 1 aliphatic heterocycles. The molecule has 1 heterocycles. The van der Waals surface area contributed by atoms with E-state index in [1.807, 2.05) is 32.5 Å². The lowest BCUT2D eigenvalue weighted by Gasteiger charge is -2.34. The number of urea groups is 1. The topological polar surface area (TPSA) is 69.6 Å². The molecule has 0 aliphatic carbocycles. The molecule has 2 amide bonds. The van der Waals surface area contributed by atoms with E-state index in [-0.39, 0.29) is 18.0 Å². The van der Waals surface area contributed by atoms with Gasteiger partial charge in [-0.3, -0.25) is 0 Å². The second kappa shape index (κ2) is 6.87. The number of carboxylic acids is 1. The van der Waals surface area contributed by atoms with Crippen molar-refractivity contribution in [1.82, 2.24) is 10.2 Å². The summed E-state index contributed by atoms with van der Waals surface area (Å²) in [5.74, 6) is 0.797. The van der Waals surface area contributed by atoms with Gasteiger partial charge in [-0.15, -0.1) is 0 Å². The summed E-state index contributed by atoms with van der Waals surface area (Å²) < 4.78 is 0. The van der Waals surface area contributed by atoms with E-state index in [0.717, 1.165) is 17.9 Å². The van der Waals surface area contributed by atoms with Gasteiger partial charge < -0.3 is 15.3 Å². The molecule has 1 saturated heterocycles. The summed E-state index contributed by atoms with van der Waals surface area (Å²) in [5, 5.41) is 11.8. The molecule has 0 radical (unpaired) electrons. The van der Waals surface area contributed by atoms with Crippen molar-refractivity contribution in [3.8, 4) is 0 Å². The van der Waals surface area contributed by atoms with Crippen molar-refractivity contribution in [2.75, 3.05) is 18.1 Å². The van der Waals surface area contributed by atoms with Crippen LogP contribution < -0.4 is 5.32 Å². The van der Waals surface area contributed by atoms with E-state index < -0.39 is 12.0 Å². The number of carbonyl (C=O) groups excluding carboxylic acids is 1. The third-order valence-corrected chi connectivity index (χ3v) is 4.58. The van der Waals surface area contributed by atoms with Gasteiger partial charge in [0, 0.05) is 24.1 Å². The summed E-state index contributed by atoms with van der Waals surface area (Å²) in [4.78, 5) is 25.0. The van der Waals surface area contributed by atoms with Crippen LogP contribution in [0.15, 0.2) is 0 Å². The number of rotatable bonds is 4. The third kappa shape index (κ3) is 3.80. The highest BCUT2D eigenvalue weighted by atomic mass is 32.2. The molecule has 18 heavy (non-hydrogen) atoms. The highest BCUT2D eigenvalue weighted by Crippen LogP contribution is 2.16. The van der Waals surface area contributed by atoms with Crippen molar-refractivity contribution in [3.63, 3.8) is 0 Å². The average molecular weight is 274 g/mol. The van der Waals surface area contributed by atoms with Crippen LogP contribution in [-0.4, -0.2) is 52.1 Å². The Labute approximate surface area is 112 Å². The molecule has 0 bridgehead atoms. The van der Waals surface area contributed by atoms with E-state index in [2.05, 4.69) is 5.32 Å². The van der Waals surface area contributed by atoms with Crippen molar-refractivity contribution >= 4 is 23.8 Å². The Morgan fingerprint density at radius 1 is 1.56 bits per heavy atom. The first kappa shape index (κ1) is 15.1. The first-order chi connectivity index (χ1) is 8.47. The number of carboxylic acid groups (broad SMARTS) is 1. The van der Waals surface area contributed by atoms with Crippen molar-refractivity contribution in [1.29, 1.82) is 0 Å². The van der Waals surface area contributed by atoms with Crippen molar-refractivity contribution in [2.24, 2.45) is 5.92 Å². The summed E-state index contributed by atoms with van der Waals surface area (Å²) in [6.07, 6.45) is 0.725. The number of amides is 2. The van der Waals surface area contributed by atoms with Gasteiger partial charge in [-0.1, -0.05) is 20.3 Å². The SMILES string of the molecule is CC[C@H](C)[C@H](NC(=O)N1CCSCC1C)C(=O)O. The fourth-order valence-electron chi connectivity index (χ4n) is 1.93. The number of hydrogen-bond donors (Lipinski definition) is 2. The molecule has 104 valence electrons. The molecule has 1 rings (SSSR count). The van der Waals surface area contributed by atoms with Gasteiger partial charge in [0.15, 0.2) is 0 Å². The van der Waals surface area contributed by atoms with Crippen LogP contribution in [0.1, 0.15) is 27.2 Å². The van der Waals surface area contributed by atoms with Gasteiger partial charge >= 0.3 is 12.0 Å². The Morgan fingerprint density at radius 3 is 2.72 bits per heavy atom. The van der Waals surface area contributed by atoms with Gasteiger partial charge in [0.05, 0.1) is 0 Å². The molecule has 0 saturated carbocycles. The van der Waals surface area contributed by atoms with Gasteiger partial charge in [-0.25, -0.2) is 9.59 Å². The largest absolute Gasteiger partial charge is 0.480 e. The molecule has 0 aromatic heterocycles. The van der Waals surface area contributed by atoms with Crippen LogP contribution >= 0.6 is 11.8 Å². The van der Waals surface area contributed by atoms with E-state index in [1.165, 1.54) is 0 Å². The normalized spacial score (nSPS) is 23.3. The molecule has 2 N–H and O–H groups in total. The zero-order chi connectivity index (χ0) is 13.7. The van der Waals surface area contributed by atoms with Crippen LogP contribution in [0, 0.1) is 5.92 Å². The molecule has 1 unspecified atom stereocenters. The highest BCUT2D eigenvalue weighted by molar-refractivity contribution is 7.99. The van der Waals surface area contributed by atoms with E-state index >= 15 is 0 Å². The lowest BCUT2D eigenvalue weighted by atomic mass is 9.99. The summed E-state index contributed by atoms with van der Waals surface area (Å²) in [6.45, 7) is 6.44. The number of nitrogens with zero attached hydrogens (tertiary/aromatic N) is 1. The number of carbonyl (C=O) groups is 2. The van der Waals surface area contributed by atoms with Gasteiger partial charge in [-0.05, 0) is 12.8 Å². The molecule has 0 aromatic rings. The maximum atomic E-state index is 12.1. The number of thioether (sulfide) groups is 1. The van der Waals surface area contributed by atoms with Crippen LogP contribution in [0.25, 0.3) is 0 Å². The van der Waals surface area contributed by atoms with Crippen LogP contribution in [0.2, 0.25) is 0 Å². The highest BCUT2D eigenvalue weighted by Gasteiger charge is 2.30. The number of nitrogens with one attached hydrogen (secondary N) is 1. The minimum Gasteiger partial charge on any atom is -0.480 e. The zero-order valence-electron chi connectivity index (χ0n) is 11.2. The van der Waals surface area contributed by atoms with E-state index in [4.69, 9.17) is 5.11 Å². The van der Waals surface area contributed by atoms with E-state index in [1.54, 1.807) is 4.90 Å². The van der Waals surface area contributed by atoms with Crippen molar-refractivity contribution < 1.29 is 14.7 Å². The summed E-state index contributed by atoms with van der Waals surface area (Å²) in [6, 6.07) is -0.894. The van der Waals surface area contributed by atoms with Crippen LogP contribution in [0.3, 0.4) is 0 Å². The quantitative estimate of drug-likeness (QED) is 0.817. The number of hydrogen-bond acceptors (Lipinski definition) is 3. The Morgan fingerprint density at radius 2 is 2.22 bits per heavy atom. The lowest BCUT2D eigenvalue weighted by Crippen LogP contribution is -2.54. The Balaban J connectivity index is 2.63. The second-order valence-electron chi connectivity index (χ2n) is 4.77. The average Bonchev–Trinajstić information content (AvgIpc) is 2.35. The maximum absolute atomic E-state index is 12.1. The standard InChI is InChI=1S/C12H22N2O3S/c1-4-8(2)10(11(15)16)13-12(17)14-5-6-18-7-9(14)3/h8-10H,4-7H2,1-3H3,(H,13,17)(H,15,16)/t8-,9?,10-/m0/s1. The monoisotopic (exact) mass is 274 g/mol. The Hall–Kier alpha value is -0.910. The predicted molar refractivity (Wildman–Crippen MR) is 72.9 cm³/mol. The summed E-state index contributed by atoms with van der Waals surface area (Å²) >= 11 is 1.82. The molecular weight excluding hydrogens is 252 g/mol. The minimum atomic E-state index is -0.961. The minimum absolute atomic E-state index is 0.0686. The molecule has 1 fully saturated rings. The molecule has 6 heteroatoms. The third-order valence-electron chi connectivity index (χ3n) is 3.39. The zero-order valence-corrected chi connectivity index (χ0v) is 12.0. The van der Waals surface area contributed by atoms with Crippen molar-refractivity contribution in [2.45, 2.75) is 39.3 Å². The van der Waals surface area contributed by atoms with Gasteiger partial charge in [-0.2, -0.15) is 11.8 Å². The number of aliphatic carboxylic acids is 1. The van der Waals surface area contributed by atoms with Crippen LogP contribution in [0.4, 0.5) is 4.79 Å². The maximum Gasteiger partial charge on any atom is 0.326 e. The van der Waals surface area contributed by atoms with E-state index in [0.29, 0.717) is 6.54 Å². The van der Waals surface area contributed by atoms with E-state index in [9.17, 15) is 9.59 Å². The Bertz CT molecular complexity index is 312. The fraction of sp³-hybridized carbons (Fsp3) is 0.833. The lowest BCUT2D eigenvalue weighted by molar-refractivity contribution is -0.140. The van der Waals surface area contributed by atoms with Crippen LogP contribution in [-0.2, 0) is 4.79 Å². The molecule has 5 nitrogen and oxygen atoms in total. The second-order valence-corrected chi connectivity index (χ2v) is 5.92. The predicted octanol–water partition coefficient (Wildman–Crippen LogP) is 1.63.